The minimum absolute atomic E-state index is 0.0320. The maximum atomic E-state index is 14.6. The molecule has 0 unspecified atom stereocenters. The quantitative estimate of drug-likeness (QED) is 0.0323. The zero-order chi connectivity index (χ0) is 54.1. The third-order valence-electron chi connectivity index (χ3n) is 12.2. The zero-order valence-corrected chi connectivity index (χ0v) is 41.9. The van der Waals surface area contributed by atoms with Crippen LogP contribution in [0.3, 0.4) is 0 Å². The van der Waals surface area contributed by atoms with Crippen molar-refractivity contribution in [3.8, 4) is 5.75 Å². The second kappa shape index (κ2) is 27.8. The van der Waals surface area contributed by atoms with Gasteiger partial charge in [-0.1, -0.05) is 64.1 Å². The van der Waals surface area contributed by atoms with Gasteiger partial charge in [0.05, 0.1) is 25.1 Å². The summed E-state index contributed by atoms with van der Waals surface area (Å²) >= 11 is 0. The molecule has 26 nitrogen and oxygen atoms in total. The minimum atomic E-state index is -1.70. The lowest BCUT2D eigenvalue weighted by Gasteiger charge is -2.32. The van der Waals surface area contributed by atoms with Crippen LogP contribution in [0.15, 0.2) is 59.6 Å². The van der Waals surface area contributed by atoms with Crippen LogP contribution >= 0.6 is 21.6 Å². The first-order chi connectivity index (χ1) is 35.2. The van der Waals surface area contributed by atoms with E-state index in [1.54, 1.807) is 42.5 Å². The molecule has 9 atom stereocenters. The van der Waals surface area contributed by atoms with Gasteiger partial charge in [0.2, 0.25) is 59.1 Å². The molecule has 2 aromatic rings. The van der Waals surface area contributed by atoms with Crippen molar-refractivity contribution < 1.29 is 58.2 Å². The number of carbonyl (C=O) groups excluding carboxylic acids is 10. The predicted molar refractivity (Wildman–Crippen MR) is 271 cm³/mol. The van der Waals surface area contributed by atoms with Gasteiger partial charge < -0.3 is 80.6 Å². The van der Waals surface area contributed by atoms with Crippen molar-refractivity contribution in [1.82, 2.24) is 41.7 Å². The summed E-state index contributed by atoms with van der Waals surface area (Å²) in [5.74, 6) is -9.20. The van der Waals surface area contributed by atoms with E-state index in [0.717, 1.165) is 26.5 Å². The fourth-order valence-electron chi connectivity index (χ4n) is 8.46. The molecule has 0 saturated carbocycles. The van der Waals surface area contributed by atoms with Crippen LogP contribution < -0.4 is 60.6 Å². The van der Waals surface area contributed by atoms with E-state index >= 15 is 0 Å². The SMILES string of the molecule is NC(=O)CNC(=O)[C@H](CCCN=C(N)N)NC(=O)[C@@H]1C[C@@H](O)CN1C(=O)[C@@H]1CSSC[C@H](N)C(=O)N[C@@H](Cc2ccc(O)cc2)C(=O)N[C@@H](Cc2ccccc2)C(=O)N2CCC[C@H]2C(=O)N[C@@H](CC(N)=O)C(=O)N1. The number of aromatic hydroxyl groups is 1. The highest BCUT2D eigenvalue weighted by Crippen LogP contribution is 2.27. The lowest BCUT2D eigenvalue weighted by atomic mass is 10.0. The molecule has 3 heterocycles. The molecule has 0 spiro atoms. The second-order valence-corrected chi connectivity index (χ2v) is 20.5. The molecule has 402 valence electrons. The summed E-state index contributed by atoms with van der Waals surface area (Å²) in [6, 6.07) is 3.64. The van der Waals surface area contributed by atoms with Crippen LogP contribution in [0.4, 0.5) is 0 Å². The number of aliphatic hydroxyl groups is 1. The highest BCUT2D eigenvalue weighted by atomic mass is 33.1. The maximum Gasteiger partial charge on any atom is 0.246 e. The number of amides is 10. The first-order valence-electron chi connectivity index (χ1n) is 23.7. The Hall–Kier alpha value is -7.17. The van der Waals surface area contributed by atoms with Gasteiger partial charge in [0.25, 0.3) is 0 Å². The molecule has 3 aliphatic rings. The van der Waals surface area contributed by atoms with E-state index < -0.39 is 133 Å². The molecule has 0 aliphatic carbocycles. The monoisotopic (exact) mass is 1070 g/mol. The van der Waals surface area contributed by atoms with Gasteiger partial charge in [0.1, 0.15) is 48.0 Å². The van der Waals surface area contributed by atoms with E-state index in [4.69, 9.17) is 28.7 Å². The number of phenols is 1. The lowest BCUT2D eigenvalue weighted by molar-refractivity contribution is -0.143. The number of aliphatic imine (C=N–C) groups is 1. The summed E-state index contributed by atoms with van der Waals surface area (Å²) in [6.07, 6.45) is -1.85. The molecule has 3 aliphatic heterocycles. The van der Waals surface area contributed by atoms with Gasteiger partial charge in [-0.3, -0.25) is 52.9 Å². The summed E-state index contributed by atoms with van der Waals surface area (Å²) in [5.41, 5.74) is 29.1. The molecule has 18 N–H and O–H groups in total. The fourth-order valence-corrected chi connectivity index (χ4v) is 10.7. The Morgan fingerprint density at radius 2 is 1.42 bits per heavy atom. The molecule has 10 amide bonds. The number of hydrogen-bond donors (Lipinski definition) is 13. The van der Waals surface area contributed by atoms with Crippen LogP contribution in [0.25, 0.3) is 0 Å². The highest BCUT2D eigenvalue weighted by molar-refractivity contribution is 8.76. The first kappa shape index (κ1) is 57.7. The normalized spacial score (nSPS) is 24.7. The average Bonchev–Trinajstić information content (AvgIpc) is 4.02. The van der Waals surface area contributed by atoms with Crippen molar-refractivity contribution in [2.45, 2.75) is 106 Å². The Labute approximate surface area is 433 Å². The average molecular weight is 1070 g/mol. The van der Waals surface area contributed by atoms with E-state index in [2.05, 4.69) is 36.9 Å². The Bertz CT molecular complexity index is 2400. The molecule has 5 rings (SSSR count). The Balaban J connectivity index is 1.46. The number of β-amino-alcohol motifs (C(OH)–C–C–N with tert-alkyl or cyclic N) is 1. The van der Waals surface area contributed by atoms with E-state index in [0.29, 0.717) is 17.5 Å². The molecule has 2 aromatic carbocycles. The number of phenolic OH excluding ortho intramolecular Hbond substituents is 1. The van der Waals surface area contributed by atoms with E-state index in [9.17, 15) is 58.2 Å². The van der Waals surface area contributed by atoms with E-state index in [1.807, 2.05) is 0 Å². The molecule has 74 heavy (non-hydrogen) atoms. The number of guanidine groups is 1. The van der Waals surface area contributed by atoms with Crippen LogP contribution in [0, 0.1) is 0 Å². The van der Waals surface area contributed by atoms with Crippen LogP contribution in [0.2, 0.25) is 0 Å². The highest BCUT2D eigenvalue weighted by Gasteiger charge is 2.44. The van der Waals surface area contributed by atoms with E-state index in [1.165, 1.54) is 17.0 Å². The van der Waals surface area contributed by atoms with E-state index in [-0.39, 0.29) is 74.8 Å². The van der Waals surface area contributed by atoms with Gasteiger partial charge in [0.15, 0.2) is 5.96 Å². The first-order valence-corrected chi connectivity index (χ1v) is 26.2. The number of likely N-dealkylation sites (tertiary alicyclic amines) is 1. The Kier molecular flexibility index (Phi) is 21.7. The topological polar surface area (TPSA) is 432 Å². The molecule has 28 heteroatoms. The van der Waals surface area contributed by atoms with Crippen molar-refractivity contribution in [1.29, 1.82) is 0 Å². The standard InChI is InChI=1S/C46H64N14O12S2/c47-28-22-73-74-23-33(45(72)60-21-27(62)18-35(60)43(70)54-29(8-4-14-52-46(50)51)39(66)53-20-37(49)64)58-41(68)31(19-36(48)63)56-42(69)34-9-5-15-59(34)44(71)32(17-24-6-2-1-3-7-24)57-40(67)30(55-38(28)65)16-25-10-12-26(61)13-11-25/h1-3,6-7,10-13,27-35,61-62H,4-5,8-9,14-23,47H2,(H2,48,63)(H2,49,64)(H,53,66)(H,54,70)(H,55,65)(H,56,69)(H,57,67)(H,58,68)(H4,50,51,52)/t27-,28+,29+,30+,31+,32+,33+,34+,35+/m1/s1. The summed E-state index contributed by atoms with van der Waals surface area (Å²) in [4.78, 5) is 143. The molecular weight excluding hydrogens is 1000 g/mol. The minimum Gasteiger partial charge on any atom is -0.508 e. The fraction of sp³-hybridized carbons (Fsp3) is 0.500. The summed E-state index contributed by atoms with van der Waals surface area (Å²) in [5, 5.41) is 36.2. The number of carbonyl (C=O) groups is 10. The van der Waals surface area contributed by atoms with Gasteiger partial charge >= 0.3 is 0 Å². The van der Waals surface area contributed by atoms with Crippen LogP contribution in [0.5, 0.6) is 5.75 Å². The summed E-state index contributed by atoms with van der Waals surface area (Å²) in [7, 11) is 1.98. The second-order valence-electron chi connectivity index (χ2n) is 17.9. The number of nitrogens with two attached hydrogens (primary N) is 5. The number of benzene rings is 2. The van der Waals surface area contributed by atoms with Crippen molar-refractivity contribution in [2.24, 2.45) is 33.7 Å². The number of nitrogens with zero attached hydrogens (tertiary/aromatic N) is 3. The van der Waals surface area contributed by atoms with Crippen LogP contribution in [-0.2, 0) is 60.8 Å². The number of primary amides is 2. The Morgan fingerprint density at radius 1 is 0.784 bits per heavy atom. The molecule has 0 radical (unpaired) electrons. The van der Waals surface area contributed by atoms with Crippen LogP contribution in [-0.4, -0.2) is 177 Å². The number of hydrogen-bond acceptors (Lipinski definition) is 16. The zero-order valence-electron chi connectivity index (χ0n) is 40.3. The Morgan fingerprint density at radius 3 is 2.09 bits per heavy atom. The smallest absolute Gasteiger partial charge is 0.246 e. The molecule has 3 saturated heterocycles. The predicted octanol–water partition coefficient (Wildman–Crippen LogP) is -5.19. The number of rotatable bonds is 16. The summed E-state index contributed by atoms with van der Waals surface area (Å²) < 4.78 is 0. The molecule has 3 fully saturated rings. The third kappa shape index (κ3) is 17.2. The molecule has 0 aromatic heterocycles. The van der Waals surface area contributed by atoms with Gasteiger partial charge in [-0.2, -0.15) is 0 Å². The van der Waals surface area contributed by atoms with Crippen molar-refractivity contribution in [3.05, 3.63) is 65.7 Å². The maximum absolute atomic E-state index is 14.6. The van der Waals surface area contributed by atoms with Crippen molar-refractivity contribution in [3.63, 3.8) is 0 Å². The van der Waals surface area contributed by atoms with Gasteiger partial charge in [-0.05, 0) is 48.9 Å². The molecular formula is C46H64N14O12S2. The third-order valence-corrected chi connectivity index (χ3v) is 14.6. The van der Waals surface area contributed by atoms with Gasteiger partial charge in [-0.15, -0.1) is 0 Å². The van der Waals surface area contributed by atoms with Gasteiger partial charge in [0, 0.05) is 50.4 Å². The lowest BCUT2D eigenvalue weighted by Crippen LogP contribution is -2.61. The number of nitrogens with one attached hydrogen (secondary N) is 6. The number of aliphatic hydroxyl groups excluding tert-OH is 1. The largest absolute Gasteiger partial charge is 0.508 e. The van der Waals surface area contributed by atoms with Gasteiger partial charge in [-0.25, -0.2) is 0 Å². The van der Waals surface area contributed by atoms with Crippen molar-refractivity contribution in [2.75, 3.05) is 37.7 Å². The summed E-state index contributed by atoms with van der Waals surface area (Å²) in [6.45, 7) is -0.835. The van der Waals surface area contributed by atoms with Crippen molar-refractivity contribution >= 4 is 86.6 Å². The number of fused-ring (bicyclic) bond motifs is 1. The molecule has 0 bridgehead atoms. The van der Waals surface area contributed by atoms with Crippen LogP contribution in [0.1, 0.15) is 49.7 Å².